The maximum absolute atomic E-state index is 12.8. The van der Waals surface area contributed by atoms with Gasteiger partial charge in [-0.15, -0.1) is 0 Å². The smallest absolute Gasteiger partial charge is 0.274 e. The highest BCUT2D eigenvalue weighted by Gasteiger charge is 2.30. The van der Waals surface area contributed by atoms with Crippen LogP contribution in [-0.2, 0) is 13.0 Å². The van der Waals surface area contributed by atoms with E-state index < -0.39 is 0 Å². The third-order valence-corrected chi connectivity index (χ3v) is 5.70. The number of carbonyl (C=O) groups is 1. The van der Waals surface area contributed by atoms with E-state index >= 15 is 0 Å². The van der Waals surface area contributed by atoms with E-state index in [1.54, 1.807) is 0 Å². The predicted octanol–water partition coefficient (Wildman–Crippen LogP) is 1.15. The maximum Gasteiger partial charge on any atom is 0.274 e. The molecule has 2 N–H and O–H groups in total. The van der Waals surface area contributed by atoms with Crippen molar-refractivity contribution in [2.45, 2.75) is 51.1 Å². The topological polar surface area (TPSA) is 64.3 Å². The van der Waals surface area contributed by atoms with Gasteiger partial charge in [0.25, 0.3) is 5.91 Å². The fourth-order valence-corrected chi connectivity index (χ4v) is 4.29. The van der Waals surface area contributed by atoms with Crippen molar-refractivity contribution in [2.75, 3.05) is 32.7 Å². The minimum absolute atomic E-state index is 0.106. The lowest BCUT2D eigenvalue weighted by Crippen LogP contribution is -2.52. The van der Waals surface area contributed by atoms with E-state index in [0.29, 0.717) is 5.69 Å². The molecule has 0 radical (unpaired) electrons. The van der Waals surface area contributed by atoms with Crippen molar-refractivity contribution in [1.82, 2.24) is 25.3 Å². The number of hydrogen-bond acceptors (Lipinski definition) is 4. The first kappa shape index (κ1) is 15.1. The Morgan fingerprint density at radius 2 is 1.87 bits per heavy atom. The van der Waals surface area contributed by atoms with Gasteiger partial charge >= 0.3 is 0 Å². The van der Waals surface area contributed by atoms with Crippen LogP contribution in [0.5, 0.6) is 0 Å². The summed E-state index contributed by atoms with van der Waals surface area (Å²) in [5.41, 5.74) is 2.85. The molecule has 0 atom stereocenters. The second-order valence-corrected chi connectivity index (χ2v) is 7.08. The predicted molar refractivity (Wildman–Crippen MR) is 88.3 cm³/mol. The van der Waals surface area contributed by atoms with Crippen LogP contribution in [0.1, 0.15) is 53.8 Å². The Morgan fingerprint density at radius 1 is 1.09 bits per heavy atom. The summed E-state index contributed by atoms with van der Waals surface area (Å²) in [5.74, 6) is 0.106. The number of nitrogens with one attached hydrogen (secondary N) is 2. The number of H-pyrrole nitrogens is 1. The zero-order valence-electron chi connectivity index (χ0n) is 13.8. The zero-order chi connectivity index (χ0) is 15.6. The van der Waals surface area contributed by atoms with E-state index in [0.717, 1.165) is 63.0 Å². The van der Waals surface area contributed by atoms with Crippen LogP contribution in [0, 0.1) is 0 Å². The molecular weight excluding hydrogens is 290 g/mol. The summed E-state index contributed by atoms with van der Waals surface area (Å²) >= 11 is 0. The summed E-state index contributed by atoms with van der Waals surface area (Å²) in [7, 11) is 0. The van der Waals surface area contributed by atoms with Crippen molar-refractivity contribution < 1.29 is 4.79 Å². The van der Waals surface area contributed by atoms with Gasteiger partial charge in [-0.1, -0.05) is 19.3 Å². The van der Waals surface area contributed by atoms with E-state index in [1.165, 1.54) is 32.1 Å². The van der Waals surface area contributed by atoms with Crippen LogP contribution in [0.2, 0.25) is 0 Å². The van der Waals surface area contributed by atoms with Crippen LogP contribution in [0.25, 0.3) is 0 Å². The van der Waals surface area contributed by atoms with Gasteiger partial charge < -0.3 is 10.2 Å². The van der Waals surface area contributed by atoms with Gasteiger partial charge in [0.15, 0.2) is 5.69 Å². The molecule has 0 unspecified atom stereocenters. The van der Waals surface area contributed by atoms with Gasteiger partial charge in [0.05, 0.1) is 0 Å². The summed E-state index contributed by atoms with van der Waals surface area (Å²) in [4.78, 5) is 17.4. The third kappa shape index (κ3) is 3.02. The van der Waals surface area contributed by atoms with Gasteiger partial charge in [0.2, 0.25) is 0 Å². The number of carbonyl (C=O) groups excluding carboxylic acids is 1. The minimum atomic E-state index is 0.106. The Morgan fingerprint density at radius 3 is 2.65 bits per heavy atom. The number of aromatic amines is 1. The molecule has 1 aromatic heterocycles. The Kier molecular flexibility index (Phi) is 4.35. The van der Waals surface area contributed by atoms with Crippen molar-refractivity contribution in [1.29, 1.82) is 0 Å². The van der Waals surface area contributed by atoms with Gasteiger partial charge in [-0.2, -0.15) is 5.10 Å². The highest BCUT2D eigenvalue weighted by molar-refractivity contribution is 5.94. The monoisotopic (exact) mass is 317 g/mol. The maximum atomic E-state index is 12.8. The number of fused-ring (bicyclic) bond motifs is 1. The van der Waals surface area contributed by atoms with Gasteiger partial charge in [-0.25, -0.2) is 0 Å². The first-order valence-electron chi connectivity index (χ1n) is 9.13. The molecule has 6 nitrogen and oxygen atoms in total. The molecule has 1 aromatic rings. The molecule has 2 fully saturated rings. The number of aromatic nitrogens is 2. The Balaban J connectivity index is 1.38. The van der Waals surface area contributed by atoms with Crippen LogP contribution in [0.3, 0.4) is 0 Å². The van der Waals surface area contributed by atoms with Gasteiger partial charge in [0.1, 0.15) is 0 Å². The van der Waals surface area contributed by atoms with Crippen molar-refractivity contribution >= 4 is 5.91 Å². The van der Waals surface area contributed by atoms with Crippen molar-refractivity contribution in [3.63, 3.8) is 0 Å². The minimum Gasteiger partial charge on any atom is -0.335 e. The largest absolute Gasteiger partial charge is 0.335 e. The van der Waals surface area contributed by atoms with Crippen LogP contribution in [0.4, 0.5) is 0 Å². The molecule has 1 aliphatic carbocycles. The van der Waals surface area contributed by atoms with Crippen molar-refractivity contribution in [2.24, 2.45) is 0 Å². The second kappa shape index (κ2) is 6.61. The molecule has 0 spiro atoms. The fraction of sp³-hybridized carbons (Fsp3) is 0.765. The molecule has 6 heteroatoms. The number of nitrogens with zero attached hydrogens (tertiary/aromatic N) is 3. The quantitative estimate of drug-likeness (QED) is 0.859. The Hall–Kier alpha value is -1.40. The van der Waals surface area contributed by atoms with Crippen molar-refractivity contribution in [3.05, 3.63) is 17.0 Å². The SMILES string of the molecule is O=C(c1n[nH]c2c1CNCC2)N1CCN(C2CCCCC2)CC1. The number of hydrogen-bond donors (Lipinski definition) is 2. The van der Waals surface area contributed by atoms with Crippen LogP contribution in [-0.4, -0.2) is 64.7 Å². The molecule has 0 aromatic carbocycles. The van der Waals surface area contributed by atoms with Crippen LogP contribution in [0.15, 0.2) is 0 Å². The van der Waals surface area contributed by atoms with E-state index in [-0.39, 0.29) is 5.91 Å². The molecule has 3 aliphatic rings. The fourth-order valence-electron chi connectivity index (χ4n) is 4.29. The lowest BCUT2D eigenvalue weighted by Gasteiger charge is -2.40. The number of piperazine rings is 1. The normalized spacial score (nSPS) is 23.7. The van der Waals surface area contributed by atoms with E-state index in [1.807, 2.05) is 4.90 Å². The second-order valence-electron chi connectivity index (χ2n) is 7.08. The summed E-state index contributed by atoms with van der Waals surface area (Å²) in [6.07, 6.45) is 7.75. The van der Waals surface area contributed by atoms with Crippen LogP contribution < -0.4 is 5.32 Å². The highest BCUT2D eigenvalue weighted by Crippen LogP contribution is 2.24. The standard InChI is InChI=1S/C17H27N5O/c23-17(16-14-12-18-7-6-15(14)19-20-16)22-10-8-21(9-11-22)13-4-2-1-3-5-13/h13,18H,1-12H2,(H,19,20). The van der Waals surface area contributed by atoms with Gasteiger partial charge in [0, 0.05) is 63.0 Å². The first-order chi connectivity index (χ1) is 11.3. The molecule has 3 heterocycles. The Bertz CT molecular complexity index is 555. The van der Waals surface area contributed by atoms with Gasteiger partial charge in [-0.05, 0) is 12.8 Å². The molecule has 4 rings (SSSR count). The van der Waals surface area contributed by atoms with Crippen LogP contribution >= 0.6 is 0 Å². The molecule has 2 aliphatic heterocycles. The van der Waals surface area contributed by atoms with E-state index in [2.05, 4.69) is 20.4 Å². The summed E-state index contributed by atoms with van der Waals surface area (Å²) in [5, 5.41) is 10.7. The van der Waals surface area contributed by atoms with E-state index in [9.17, 15) is 4.79 Å². The average molecular weight is 317 g/mol. The molecule has 23 heavy (non-hydrogen) atoms. The molecule has 0 bridgehead atoms. The molecule has 126 valence electrons. The highest BCUT2D eigenvalue weighted by atomic mass is 16.2. The lowest BCUT2D eigenvalue weighted by atomic mass is 9.94. The summed E-state index contributed by atoms with van der Waals surface area (Å²) in [6, 6.07) is 0.753. The number of amides is 1. The third-order valence-electron chi connectivity index (χ3n) is 5.70. The lowest BCUT2D eigenvalue weighted by molar-refractivity contribution is 0.0517. The molecule has 1 saturated carbocycles. The average Bonchev–Trinajstić information content (AvgIpc) is 3.06. The molecule has 1 amide bonds. The first-order valence-corrected chi connectivity index (χ1v) is 9.13. The Labute approximate surface area is 137 Å². The van der Waals surface area contributed by atoms with Crippen molar-refractivity contribution in [3.8, 4) is 0 Å². The number of rotatable bonds is 2. The summed E-state index contributed by atoms with van der Waals surface area (Å²) < 4.78 is 0. The summed E-state index contributed by atoms with van der Waals surface area (Å²) in [6.45, 7) is 5.43. The van der Waals surface area contributed by atoms with Gasteiger partial charge in [-0.3, -0.25) is 14.8 Å². The molecule has 1 saturated heterocycles. The molecular formula is C17H27N5O. The zero-order valence-corrected chi connectivity index (χ0v) is 13.8. The van der Waals surface area contributed by atoms with E-state index in [4.69, 9.17) is 0 Å².